The molecule has 1 aromatic carbocycles. The number of carbonyl (C=O) groups is 2. The Morgan fingerprint density at radius 2 is 2.00 bits per heavy atom. The van der Waals surface area contributed by atoms with Crippen LogP contribution in [0.4, 0.5) is 4.39 Å². The molecule has 2 heterocycles. The molecule has 0 aliphatic heterocycles. The number of nitrogens with zero attached hydrogens (tertiary/aromatic N) is 3. The molecule has 130 valence electrons. The van der Waals surface area contributed by atoms with Crippen molar-refractivity contribution < 1.29 is 19.1 Å². The number of hydrogen-bond donors (Lipinski definition) is 1. The predicted molar refractivity (Wildman–Crippen MR) is 92.4 cm³/mol. The minimum absolute atomic E-state index is 0.0987. The van der Waals surface area contributed by atoms with Crippen molar-refractivity contribution in [3.8, 4) is 11.3 Å². The fourth-order valence-corrected chi connectivity index (χ4v) is 3.55. The van der Waals surface area contributed by atoms with E-state index in [1.165, 1.54) is 28.4 Å². The van der Waals surface area contributed by atoms with E-state index in [1.807, 2.05) is 17.5 Å². The molecule has 0 aliphatic carbocycles. The van der Waals surface area contributed by atoms with Crippen molar-refractivity contribution in [1.82, 2.24) is 14.3 Å². The molecule has 0 radical (unpaired) electrons. The molecule has 3 aromatic rings. The third kappa shape index (κ3) is 3.39. The number of aryl methyl sites for hydroxylation is 1. The number of aliphatic carboxylic acids is 1. The predicted octanol–water partition coefficient (Wildman–Crippen LogP) is 3.06. The van der Waals surface area contributed by atoms with Crippen molar-refractivity contribution in [1.29, 1.82) is 0 Å². The number of rotatable bonds is 5. The molecule has 0 unspecified atom stereocenters. The second-order valence-electron chi connectivity index (χ2n) is 5.67. The summed E-state index contributed by atoms with van der Waals surface area (Å²) in [4.78, 5) is 30.2. The Kier molecular flexibility index (Phi) is 4.54. The maximum atomic E-state index is 13.0. The van der Waals surface area contributed by atoms with Gasteiger partial charge in [0.2, 0.25) is 0 Å². The molecular weight excluding hydrogens is 345 g/mol. The van der Waals surface area contributed by atoms with Gasteiger partial charge in [0.15, 0.2) is 4.96 Å². The van der Waals surface area contributed by atoms with Crippen LogP contribution in [0.25, 0.3) is 16.2 Å². The third-order valence-corrected chi connectivity index (χ3v) is 5.04. The summed E-state index contributed by atoms with van der Waals surface area (Å²) < 4.78 is 14.9. The summed E-state index contributed by atoms with van der Waals surface area (Å²) in [6, 6.07) is 6.07. The number of carboxylic acids is 1. The Bertz CT molecular complexity index is 946. The largest absolute Gasteiger partial charge is 0.481 e. The fraction of sp³-hybridized carbons (Fsp3) is 0.235. The Labute approximate surface area is 147 Å². The van der Waals surface area contributed by atoms with Crippen LogP contribution in [0.3, 0.4) is 0 Å². The van der Waals surface area contributed by atoms with Gasteiger partial charge >= 0.3 is 5.97 Å². The molecule has 0 spiro atoms. The molecule has 0 aliphatic rings. The number of carbonyl (C=O) groups excluding carboxylic acids is 1. The second-order valence-corrected chi connectivity index (χ2v) is 6.65. The summed E-state index contributed by atoms with van der Waals surface area (Å²) in [7, 11) is 1.58. The number of carboxylic acid groups (broad SMARTS) is 1. The molecule has 0 saturated heterocycles. The minimum atomic E-state index is -0.943. The number of thiazole rings is 1. The Balaban J connectivity index is 1.88. The second kappa shape index (κ2) is 6.64. The van der Waals surface area contributed by atoms with Crippen LogP contribution in [0, 0.1) is 12.7 Å². The first-order chi connectivity index (χ1) is 11.9. The summed E-state index contributed by atoms with van der Waals surface area (Å²) in [6.07, 6.45) is 1.71. The van der Waals surface area contributed by atoms with E-state index >= 15 is 0 Å². The van der Waals surface area contributed by atoms with Crippen molar-refractivity contribution in [3.05, 3.63) is 46.9 Å². The smallest absolute Gasteiger partial charge is 0.305 e. The van der Waals surface area contributed by atoms with Gasteiger partial charge in [-0.25, -0.2) is 9.37 Å². The zero-order chi connectivity index (χ0) is 18.1. The summed E-state index contributed by atoms with van der Waals surface area (Å²) in [5.41, 5.74) is 2.24. The number of amides is 1. The first-order valence-electron chi connectivity index (χ1n) is 7.58. The molecule has 6 nitrogen and oxygen atoms in total. The number of halogens is 1. The van der Waals surface area contributed by atoms with E-state index < -0.39 is 5.97 Å². The van der Waals surface area contributed by atoms with E-state index in [9.17, 15) is 14.0 Å². The van der Waals surface area contributed by atoms with Crippen LogP contribution < -0.4 is 0 Å². The van der Waals surface area contributed by atoms with Gasteiger partial charge in [-0.2, -0.15) is 0 Å². The van der Waals surface area contributed by atoms with Crippen molar-refractivity contribution in [2.24, 2.45) is 0 Å². The van der Waals surface area contributed by atoms with Gasteiger partial charge in [0.1, 0.15) is 10.7 Å². The van der Waals surface area contributed by atoms with Crippen molar-refractivity contribution in [3.63, 3.8) is 0 Å². The molecule has 2 aromatic heterocycles. The number of imidazole rings is 1. The highest BCUT2D eigenvalue weighted by Crippen LogP contribution is 2.28. The van der Waals surface area contributed by atoms with E-state index in [4.69, 9.17) is 5.11 Å². The number of fused-ring (bicyclic) bond motifs is 1. The van der Waals surface area contributed by atoms with Crippen LogP contribution in [0.2, 0.25) is 0 Å². The van der Waals surface area contributed by atoms with Crippen LogP contribution >= 0.6 is 11.3 Å². The quantitative estimate of drug-likeness (QED) is 0.758. The van der Waals surface area contributed by atoms with Gasteiger partial charge in [0.25, 0.3) is 5.91 Å². The van der Waals surface area contributed by atoms with E-state index in [1.54, 1.807) is 19.2 Å². The molecule has 0 saturated carbocycles. The van der Waals surface area contributed by atoms with Crippen LogP contribution in [-0.4, -0.2) is 44.9 Å². The zero-order valence-corrected chi connectivity index (χ0v) is 14.5. The van der Waals surface area contributed by atoms with Gasteiger partial charge in [-0.3, -0.25) is 14.0 Å². The monoisotopic (exact) mass is 361 g/mol. The molecule has 1 amide bonds. The van der Waals surface area contributed by atoms with E-state index in [-0.39, 0.29) is 24.7 Å². The summed E-state index contributed by atoms with van der Waals surface area (Å²) in [5, 5.41) is 8.73. The van der Waals surface area contributed by atoms with E-state index in [0.717, 1.165) is 11.3 Å². The molecule has 1 N–H and O–H groups in total. The van der Waals surface area contributed by atoms with Gasteiger partial charge in [0, 0.05) is 31.0 Å². The average Bonchev–Trinajstić information content (AvgIpc) is 3.12. The number of hydrogen-bond acceptors (Lipinski definition) is 4. The standard InChI is InChI=1S/C17H16FN3O3S/c1-10-15(16(24)20(2)8-7-14(22)23)25-17-19-13(9-21(10)17)11-3-5-12(18)6-4-11/h3-6,9H,7-8H2,1-2H3,(H,22,23). The Hall–Kier alpha value is -2.74. The van der Waals surface area contributed by atoms with Gasteiger partial charge in [-0.05, 0) is 31.2 Å². The van der Waals surface area contributed by atoms with E-state index in [2.05, 4.69) is 4.98 Å². The van der Waals surface area contributed by atoms with Crippen LogP contribution in [0.15, 0.2) is 30.5 Å². The lowest BCUT2D eigenvalue weighted by molar-refractivity contribution is -0.137. The van der Waals surface area contributed by atoms with Crippen LogP contribution in [-0.2, 0) is 4.79 Å². The van der Waals surface area contributed by atoms with Crippen molar-refractivity contribution >= 4 is 28.2 Å². The summed E-state index contributed by atoms with van der Waals surface area (Å²) >= 11 is 1.25. The van der Waals surface area contributed by atoms with Crippen molar-refractivity contribution in [2.75, 3.05) is 13.6 Å². The SMILES string of the molecule is Cc1c(C(=O)N(C)CCC(=O)O)sc2nc(-c3ccc(F)cc3)cn12. The summed E-state index contributed by atoms with van der Waals surface area (Å²) in [6.45, 7) is 1.96. The Morgan fingerprint density at radius 1 is 1.32 bits per heavy atom. The minimum Gasteiger partial charge on any atom is -0.481 e. The lowest BCUT2D eigenvalue weighted by Gasteiger charge is -2.15. The molecule has 8 heteroatoms. The highest BCUT2D eigenvalue weighted by atomic mass is 32.1. The molecular formula is C17H16FN3O3S. The number of benzene rings is 1. The fourth-order valence-electron chi connectivity index (χ4n) is 2.45. The highest BCUT2D eigenvalue weighted by Gasteiger charge is 2.21. The lowest BCUT2D eigenvalue weighted by atomic mass is 10.2. The molecule has 3 rings (SSSR count). The van der Waals surface area contributed by atoms with Crippen molar-refractivity contribution in [2.45, 2.75) is 13.3 Å². The molecule has 0 atom stereocenters. The maximum Gasteiger partial charge on any atom is 0.305 e. The lowest BCUT2D eigenvalue weighted by Crippen LogP contribution is -2.29. The van der Waals surface area contributed by atoms with Crippen LogP contribution in [0.1, 0.15) is 21.8 Å². The maximum absolute atomic E-state index is 13.0. The Morgan fingerprint density at radius 3 is 2.60 bits per heavy atom. The topological polar surface area (TPSA) is 74.9 Å². The third-order valence-electron chi connectivity index (χ3n) is 3.90. The highest BCUT2D eigenvalue weighted by molar-refractivity contribution is 7.19. The van der Waals surface area contributed by atoms with Gasteiger partial charge < -0.3 is 10.0 Å². The normalized spacial score (nSPS) is 11.0. The van der Waals surface area contributed by atoms with Gasteiger partial charge in [-0.15, -0.1) is 0 Å². The van der Waals surface area contributed by atoms with Gasteiger partial charge in [0.05, 0.1) is 12.1 Å². The molecule has 0 fully saturated rings. The molecule has 0 bridgehead atoms. The van der Waals surface area contributed by atoms with Gasteiger partial charge in [-0.1, -0.05) is 11.3 Å². The average molecular weight is 361 g/mol. The summed E-state index contributed by atoms with van der Waals surface area (Å²) in [5.74, 6) is -1.47. The zero-order valence-electron chi connectivity index (χ0n) is 13.7. The first kappa shape index (κ1) is 17.1. The first-order valence-corrected chi connectivity index (χ1v) is 8.40. The number of aromatic nitrogens is 2. The van der Waals surface area contributed by atoms with Crippen LogP contribution in [0.5, 0.6) is 0 Å². The molecule has 25 heavy (non-hydrogen) atoms. The van der Waals surface area contributed by atoms with E-state index in [0.29, 0.717) is 15.5 Å².